The van der Waals surface area contributed by atoms with E-state index in [4.69, 9.17) is 10.3 Å². The first-order valence-corrected chi connectivity index (χ1v) is 9.06. The van der Waals surface area contributed by atoms with Crippen molar-refractivity contribution < 1.29 is 9.32 Å². The Morgan fingerprint density at radius 2 is 2.08 bits per heavy atom. The van der Waals surface area contributed by atoms with Crippen LogP contribution in [0.3, 0.4) is 0 Å². The lowest BCUT2D eigenvalue weighted by molar-refractivity contribution is -0.118. The molecule has 4 rings (SSSR count). The lowest BCUT2D eigenvalue weighted by Gasteiger charge is -2.18. The van der Waals surface area contributed by atoms with Crippen LogP contribution in [-0.4, -0.2) is 22.6 Å². The average molecular weight is 428 g/mol. The van der Waals surface area contributed by atoms with Gasteiger partial charge in [0.25, 0.3) is 0 Å². The maximum atomic E-state index is 12.8. The molecule has 1 saturated heterocycles. The standard InChI is InChI=1S/C17H19BrN4O2.ClH/c18-11-4-3-5-12(10-11)22-9-6-13(15(22)23)14-20-16(21-24-14)17(19)7-1-2-8-17;/h3-5,10,13H,1-2,6-9,19H2;1H. The minimum atomic E-state index is -0.493. The summed E-state index contributed by atoms with van der Waals surface area (Å²) in [4.78, 5) is 19.0. The fraction of sp³-hybridized carbons (Fsp3) is 0.471. The van der Waals surface area contributed by atoms with Crippen molar-refractivity contribution in [2.24, 2.45) is 5.73 Å². The zero-order valence-electron chi connectivity index (χ0n) is 13.7. The smallest absolute Gasteiger partial charge is 0.239 e. The van der Waals surface area contributed by atoms with Crippen LogP contribution < -0.4 is 10.6 Å². The van der Waals surface area contributed by atoms with E-state index in [1.165, 1.54) is 0 Å². The molecule has 2 N–H and O–H groups in total. The van der Waals surface area contributed by atoms with Crippen LogP contribution in [0.15, 0.2) is 33.3 Å². The predicted molar refractivity (Wildman–Crippen MR) is 99.7 cm³/mol. The maximum Gasteiger partial charge on any atom is 0.239 e. The summed E-state index contributed by atoms with van der Waals surface area (Å²) in [6.07, 6.45) is 4.58. The van der Waals surface area contributed by atoms with Gasteiger partial charge in [-0.25, -0.2) is 0 Å². The molecule has 6 nitrogen and oxygen atoms in total. The lowest BCUT2D eigenvalue weighted by Crippen LogP contribution is -2.34. The van der Waals surface area contributed by atoms with Gasteiger partial charge in [-0.15, -0.1) is 12.4 Å². The highest BCUT2D eigenvalue weighted by atomic mass is 79.9. The highest BCUT2D eigenvalue weighted by Crippen LogP contribution is 2.37. The van der Waals surface area contributed by atoms with E-state index in [1.54, 1.807) is 4.90 Å². The Morgan fingerprint density at radius 3 is 2.80 bits per heavy atom. The van der Waals surface area contributed by atoms with Gasteiger partial charge in [-0.2, -0.15) is 4.98 Å². The Bertz CT molecular complexity index is 776. The lowest BCUT2D eigenvalue weighted by atomic mass is 9.98. The number of hydrogen-bond acceptors (Lipinski definition) is 5. The van der Waals surface area contributed by atoms with Crippen LogP contribution in [0.25, 0.3) is 0 Å². The predicted octanol–water partition coefficient (Wildman–Crippen LogP) is 3.50. The Morgan fingerprint density at radius 1 is 1.32 bits per heavy atom. The van der Waals surface area contributed by atoms with E-state index in [-0.39, 0.29) is 24.2 Å². The second kappa shape index (κ2) is 7.05. The number of aromatic nitrogens is 2. The molecular formula is C17H20BrClN4O2. The molecule has 134 valence electrons. The molecule has 25 heavy (non-hydrogen) atoms. The van der Waals surface area contributed by atoms with E-state index < -0.39 is 5.54 Å². The number of anilines is 1. The van der Waals surface area contributed by atoms with E-state index in [1.807, 2.05) is 24.3 Å². The molecule has 2 aliphatic rings. The highest BCUT2D eigenvalue weighted by Gasteiger charge is 2.40. The molecule has 1 aromatic carbocycles. The van der Waals surface area contributed by atoms with Crippen LogP contribution in [0.1, 0.15) is 49.7 Å². The van der Waals surface area contributed by atoms with Crippen LogP contribution in [0, 0.1) is 0 Å². The molecular weight excluding hydrogens is 408 g/mol. The van der Waals surface area contributed by atoms with Gasteiger partial charge < -0.3 is 15.2 Å². The van der Waals surface area contributed by atoms with E-state index in [0.29, 0.717) is 24.7 Å². The van der Waals surface area contributed by atoms with Gasteiger partial charge in [-0.3, -0.25) is 4.79 Å². The molecule has 1 unspecified atom stereocenters. The Hall–Kier alpha value is -1.44. The molecule has 2 heterocycles. The van der Waals surface area contributed by atoms with Gasteiger partial charge in [0.05, 0.1) is 5.54 Å². The summed E-state index contributed by atoms with van der Waals surface area (Å²) in [6, 6.07) is 7.72. The summed E-state index contributed by atoms with van der Waals surface area (Å²) in [6.45, 7) is 0.644. The quantitative estimate of drug-likeness (QED) is 0.810. The summed E-state index contributed by atoms with van der Waals surface area (Å²) >= 11 is 3.44. The maximum absolute atomic E-state index is 12.8. The minimum Gasteiger partial charge on any atom is -0.338 e. The highest BCUT2D eigenvalue weighted by molar-refractivity contribution is 9.10. The summed E-state index contributed by atoms with van der Waals surface area (Å²) in [5.74, 6) is 0.559. The van der Waals surface area contributed by atoms with Crippen LogP contribution in [0.4, 0.5) is 5.69 Å². The number of carbonyl (C=O) groups is 1. The van der Waals surface area contributed by atoms with Crippen molar-refractivity contribution in [2.75, 3.05) is 11.4 Å². The minimum absolute atomic E-state index is 0. The third-order valence-corrected chi connectivity index (χ3v) is 5.50. The molecule has 2 fully saturated rings. The van der Waals surface area contributed by atoms with Gasteiger partial charge >= 0.3 is 0 Å². The molecule has 1 aliphatic heterocycles. The van der Waals surface area contributed by atoms with Crippen LogP contribution in [0.2, 0.25) is 0 Å². The van der Waals surface area contributed by atoms with E-state index >= 15 is 0 Å². The zero-order chi connectivity index (χ0) is 16.7. The number of amides is 1. The van der Waals surface area contributed by atoms with Crippen LogP contribution >= 0.6 is 28.3 Å². The van der Waals surface area contributed by atoms with Crippen molar-refractivity contribution in [1.82, 2.24) is 10.1 Å². The molecule has 0 bridgehead atoms. The molecule has 1 aliphatic carbocycles. The number of benzene rings is 1. The molecule has 1 aromatic heterocycles. The topological polar surface area (TPSA) is 85.2 Å². The van der Waals surface area contributed by atoms with Gasteiger partial charge in [-0.1, -0.05) is 40.0 Å². The van der Waals surface area contributed by atoms with Crippen molar-refractivity contribution in [2.45, 2.75) is 43.6 Å². The monoisotopic (exact) mass is 426 g/mol. The molecule has 2 aromatic rings. The second-order valence-corrected chi connectivity index (χ2v) is 7.55. The number of hydrogen-bond donors (Lipinski definition) is 1. The summed E-state index contributed by atoms with van der Waals surface area (Å²) in [7, 11) is 0. The van der Waals surface area contributed by atoms with Crippen molar-refractivity contribution in [3.05, 3.63) is 40.5 Å². The second-order valence-electron chi connectivity index (χ2n) is 6.63. The first-order valence-electron chi connectivity index (χ1n) is 8.27. The number of nitrogens with two attached hydrogens (primary N) is 1. The van der Waals surface area contributed by atoms with Gasteiger partial charge in [0, 0.05) is 16.7 Å². The fourth-order valence-electron chi connectivity index (χ4n) is 3.62. The van der Waals surface area contributed by atoms with Crippen molar-refractivity contribution in [3.8, 4) is 0 Å². The van der Waals surface area contributed by atoms with Crippen LogP contribution in [0.5, 0.6) is 0 Å². The largest absolute Gasteiger partial charge is 0.338 e. The summed E-state index contributed by atoms with van der Waals surface area (Å²) in [5, 5.41) is 4.07. The Labute approximate surface area is 160 Å². The van der Waals surface area contributed by atoms with E-state index in [9.17, 15) is 4.79 Å². The SMILES string of the molecule is Cl.NC1(c2noc(C3CCN(c4cccc(Br)c4)C3=O)n2)CCCC1. The molecule has 1 atom stereocenters. The average Bonchev–Trinajstić information content (AvgIpc) is 3.27. The Balaban J connectivity index is 0.00000182. The van der Waals surface area contributed by atoms with E-state index in [2.05, 4.69) is 26.1 Å². The Kier molecular flexibility index (Phi) is 5.18. The summed E-state index contributed by atoms with van der Waals surface area (Å²) in [5.41, 5.74) is 6.76. The number of carbonyl (C=O) groups excluding carboxylic acids is 1. The number of rotatable bonds is 3. The van der Waals surface area contributed by atoms with Crippen molar-refractivity contribution in [3.63, 3.8) is 0 Å². The fourth-order valence-corrected chi connectivity index (χ4v) is 4.01. The van der Waals surface area contributed by atoms with E-state index in [0.717, 1.165) is 35.8 Å². The number of nitrogens with zero attached hydrogens (tertiary/aromatic N) is 3. The molecule has 1 saturated carbocycles. The zero-order valence-corrected chi connectivity index (χ0v) is 16.1. The first kappa shape index (κ1) is 18.4. The van der Waals surface area contributed by atoms with Gasteiger partial charge in [-0.05, 0) is 37.5 Å². The van der Waals surface area contributed by atoms with Crippen molar-refractivity contribution in [1.29, 1.82) is 0 Å². The third kappa shape index (κ3) is 3.32. The molecule has 0 spiro atoms. The van der Waals surface area contributed by atoms with Crippen LogP contribution in [-0.2, 0) is 10.3 Å². The van der Waals surface area contributed by atoms with Gasteiger partial charge in [0.2, 0.25) is 11.8 Å². The third-order valence-electron chi connectivity index (χ3n) is 5.01. The van der Waals surface area contributed by atoms with Gasteiger partial charge in [0.1, 0.15) is 5.92 Å². The normalized spacial score (nSPS) is 22.2. The molecule has 8 heteroatoms. The first-order chi connectivity index (χ1) is 11.6. The van der Waals surface area contributed by atoms with Gasteiger partial charge in [0.15, 0.2) is 5.82 Å². The number of halogens is 2. The molecule has 1 amide bonds. The summed E-state index contributed by atoms with van der Waals surface area (Å²) < 4.78 is 6.35. The molecule has 0 radical (unpaired) electrons. The van der Waals surface area contributed by atoms with Crippen molar-refractivity contribution >= 4 is 39.9 Å².